The summed E-state index contributed by atoms with van der Waals surface area (Å²) in [5, 5.41) is 15.9. The SMILES string of the molecule is CC(C)(C)c1ccc(-c2csc(NC(=O)Cc3ccc([N+](=O)[O-])cc3)n2)cc1. The summed E-state index contributed by atoms with van der Waals surface area (Å²) in [5.74, 6) is -0.210. The van der Waals surface area contributed by atoms with E-state index in [1.54, 1.807) is 12.1 Å². The zero-order valence-electron chi connectivity index (χ0n) is 15.9. The summed E-state index contributed by atoms with van der Waals surface area (Å²) in [5.41, 5.74) is 3.88. The number of nitrogens with zero attached hydrogens (tertiary/aromatic N) is 2. The standard InChI is InChI=1S/C21H21N3O3S/c1-21(2,3)16-8-6-15(7-9-16)18-13-28-20(22-18)23-19(25)12-14-4-10-17(11-5-14)24(26)27/h4-11,13H,12H2,1-3H3,(H,22,23,25). The normalized spacial score (nSPS) is 11.2. The molecule has 28 heavy (non-hydrogen) atoms. The lowest BCUT2D eigenvalue weighted by atomic mass is 9.86. The third kappa shape index (κ3) is 4.80. The van der Waals surface area contributed by atoms with Crippen molar-refractivity contribution in [1.82, 2.24) is 4.98 Å². The quantitative estimate of drug-likeness (QED) is 0.475. The van der Waals surface area contributed by atoms with Gasteiger partial charge in [-0.05, 0) is 16.5 Å². The van der Waals surface area contributed by atoms with E-state index in [9.17, 15) is 14.9 Å². The van der Waals surface area contributed by atoms with Gasteiger partial charge in [-0.3, -0.25) is 14.9 Å². The number of hydrogen-bond donors (Lipinski definition) is 1. The molecular formula is C21H21N3O3S. The number of nitro benzene ring substituents is 1. The van der Waals surface area contributed by atoms with Gasteiger partial charge in [0.05, 0.1) is 17.0 Å². The fourth-order valence-corrected chi connectivity index (χ4v) is 3.42. The van der Waals surface area contributed by atoms with Gasteiger partial charge in [-0.15, -0.1) is 11.3 Å². The number of non-ortho nitro benzene ring substituents is 1. The number of thiazole rings is 1. The van der Waals surface area contributed by atoms with Gasteiger partial charge in [0.15, 0.2) is 5.13 Å². The molecule has 1 heterocycles. The van der Waals surface area contributed by atoms with E-state index in [-0.39, 0.29) is 23.4 Å². The first-order valence-corrected chi connectivity index (χ1v) is 9.70. The van der Waals surface area contributed by atoms with Crippen molar-refractivity contribution in [2.45, 2.75) is 32.6 Å². The lowest BCUT2D eigenvalue weighted by Gasteiger charge is -2.18. The minimum Gasteiger partial charge on any atom is -0.302 e. The van der Waals surface area contributed by atoms with Crippen LogP contribution in [-0.4, -0.2) is 15.8 Å². The van der Waals surface area contributed by atoms with E-state index >= 15 is 0 Å². The minimum atomic E-state index is -0.463. The van der Waals surface area contributed by atoms with Gasteiger partial charge in [-0.2, -0.15) is 0 Å². The number of carbonyl (C=O) groups excluding carboxylic acids is 1. The molecule has 7 heteroatoms. The monoisotopic (exact) mass is 395 g/mol. The molecule has 3 aromatic rings. The summed E-state index contributed by atoms with van der Waals surface area (Å²) < 4.78 is 0. The first-order chi connectivity index (χ1) is 13.2. The van der Waals surface area contributed by atoms with Crippen molar-refractivity contribution in [3.63, 3.8) is 0 Å². The average molecular weight is 395 g/mol. The molecule has 0 aliphatic heterocycles. The number of aromatic nitrogens is 1. The molecule has 0 aliphatic rings. The Morgan fingerprint density at radius 3 is 2.32 bits per heavy atom. The summed E-state index contributed by atoms with van der Waals surface area (Å²) >= 11 is 1.37. The number of amides is 1. The second kappa shape index (κ2) is 7.90. The van der Waals surface area contributed by atoms with Crippen molar-refractivity contribution >= 4 is 28.1 Å². The van der Waals surface area contributed by atoms with Crippen LogP contribution in [0.25, 0.3) is 11.3 Å². The summed E-state index contributed by atoms with van der Waals surface area (Å²) in [6.07, 6.45) is 0.132. The molecular weight excluding hydrogens is 374 g/mol. The lowest BCUT2D eigenvalue weighted by Crippen LogP contribution is -2.14. The predicted molar refractivity (Wildman–Crippen MR) is 112 cm³/mol. The molecule has 0 bridgehead atoms. The van der Waals surface area contributed by atoms with Gasteiger partial charge in [0, 0.05) is 23.1 Å². The average Bonchev–Trinajstić information content (AvgIpc) is 3.10. The molecule has 1 N–H and O–H groups in total. The van der Waals surface area contributed by atoms with E-state index in [1.807, 2.05) is 17.5 Å². The molecule has 0 radical (unpaired) electrons. The molecule has 1 amide bonds. The zero-order valence-corrected chi connectivity index (χ0v) is 16.7. The van der Waals surface area contributed by atoms with Crippen LogP contribution < -0.4 is 5.32 Å². The molecule has 6 nitrogen and oxygen atoms in total. The van der Waals surface area contributed by atoms with Crippen molar-refractivity contribution < 1.29 is 9.72 Å². The van der Waals surface area contributed by atoms with Crippen molar-refractivity contribution in [3.05, 3.63) is 75.2 Å². The van der Waals surface area contributed by atoms with Crippen molar-refractivity contribution in [2.24, 2.45) is 0 Å². The van der Waals surface area contributed by atoms with E-state index in [0.717, 1.165) is 11.3 Å². The fourth-order valence-electron chi connectivity index (χ4n) is 2.69. The maximum atomic E-state index is 12.2. The fraction of sp³-hybridized carbons (Fsp3) is 0.238. The number of benzene rings is 2. The number of nitro groups is 1. The highest BCUT2D eigenvalue weighted by molar-refractivity contribution is 7.14. The highest BCUT2D eigenvalue weighted by atomic mass is 32.1. The van der Waals surface area contributed by atoms with E-state index in [4.69, 9.17) is 0 Å². The van der Waals surface area contributed by atoms with E-state index < -0.39 is 4.92 Å². The van der Waals surface area contributed by atoms with Crippen LogP contribution in [0.1, 0.15) is 31.9 Å². The number of carbonyl (C=O) groups is 1. The Labute approximate surface area is 167 Å². The van der Waals surface area contributed by atoms with Gasteiger partial charge in [-0.25, -0.2) is 4.98 Å². The molecule has 2 aromatic carbocycles. The van der Waals surface area contributed by atoms with Crippen LogP contribution >= 0.6 is 11.3 Å². The zero-order chi connectivity index (χ0) is 20.3. The highest BCUT2D eigenvalue weighted by Gasteiger charge is 2.14. The second-order valence-electron chi connectivity index (χ2n) is 7.51. The Morgan fingerprint density at radius 2 is 1.75 bits per heavy atom. The van der Waals surface area contributed by atoms with Crippen LogP contribution in [0, 0.1) is 10.1 Å². The number of nitrogens with one attached hydrogen (secondary N) is 1. The van der Waals surface area contributed by atoms with E-state index in [1.165, 1.54) is 29.0 Å². The highest BCUT2D eigenvalue weighted by Crippen LogP contribution is 2.28. The Balaban J connectivity index is 1.64. The first kappa shape index (κ1) is 19.7. The molecule has 1 aromatic heterocycles. The largest absolute Gasteiger partial charge is 0.302 e. The predicted octanol–water partition coefficient (Wildman–Crippen LogP) is 5.20. The molecule has 0 unspecified atom stereocenters. The number of anilines is 1. The van der Waals surface area contributed by atoms with Crippen molar-refractivity contribution in [1.29, 1.82) is 0 Å². The summed E-state index contributed by atoms with van der Waals surface area (Å²) in [6.45, 7) is 6.51. The molecule has 0 spiro atoms. The van der Waals surface area contributed by atoms with Crippen LogP contribution in [0.4, 0.5) is 10.8 Å². The summed E-state index contributed by atoms with van der Waals surface area (Å²) in [4.78, 5) is 26.9. The molecule has 0 atom stereocenters. The third-order valence-electron chi connectivity index (χ3n) is 4.31. The maximum absolute atomic E-state index is 12.2. The first-order valence-electron chi connectivity index (χ1n) is 8.82. The van der Waals surface area contributed by atoms with Crippen molar-refractivity contribution in [2.75, 3.05) is 5.32 Å². The van der Waals surface area contributed by atoms with Gasteiger partial charge in [-0.1, -0.05) is 57.2 Å². The molecule has 0 fully saturated rings. The van der Waals surface area contributed by atoms with Crippen LogP contribution in [0.3, 0.4) is 0 Å². The van der Waals surface area contributed by atoms with Gasteiger partial charge < -0.3 is 5.32 Å². The third-order valence-corrected chi connectivity index (χ3v) is 5.07. The minimum absolute atomic E-state index is 0.00574. The second-order valence-corrected chi connectivity index (χ2v) is 8.37. The van der Waals surface area contributed by atoms with Crippen LogP contribution in [0.5, 0.6) is 0 Å². The van der Waals surface area contributed by atoms with Gasteiger partial charge in [0.1, 0.15) is 0 Å². The van der Waals surface area contributed by atoms with Crippen LogP contribution in [-0.2, 0) is 16.6 Å². The Hall–Kier alpha value is -3.06. The summed E-state index contributed by atoms with van der Waals surface area (Å²) in [6, 6.07) is 14.2. The number of rotatable bonds is 5. The maximum Gasteiger partial charge on any atom is 0.269 e. The van der Waals surface area contributed by atoms with Gasteiger partial charge in [0.2, 0.25) is 5.91 Å². The van der Waals surface area contributed by atoms with E-state index in [0.29, 0.717) is 10.7 Å². The molecule has 0 saturated heterocycles. The van der Waals surface area contributed by atoms with Gasteiger partial charge >= 0.3 is 0 Å². The van der Waals surface area contributed by atoms with Gasteiger partial charge in [0.25, 0.3) is 5.69 Å². The topological polar surface area (TPSA) is 85.1 Å². The lowest BCUT2D eigenvalue weighted by molar-refractivity contribution is -0.384. The van der Waals surface area contributed by atoms with Crippen LogP contribution in [0.15, 0.2) is 53.9 Å². The summed E-state index contributed by atoms with van der Waals surface area (Å²) in [7, 11) is 0. The number of hydrogen-bond acceptors (Lipinski definition) is 5. The molecule has 0 aliphatic carbocycles. The van der Waals surface area contributed by atoms with Crippen molar-refractivity contribution in [3.8, 4) is 11.3 Å². The van der Waals surface area contributed by atoms with Crippen LogP contribution in [0.2, 0.25) is 0 Å². The molecule has 0 saturated carbocycles. The Morgan fingerprint density at radius 1 is 1.11 bits per heavy atom. The Kier molecular flexibility index (Phi) is 5.56. The molecule has 144 valence electrons. The molecule has 3 rings (SSSR count). The van der Waals surface area contributed by atoms with E-state index in [2.05, 4.69) is 43.2 Å². The smallest absolute Gasteiger partial charge is 0.269 e. The Bertz CT molecular complexity index is 987.